The Morgan fingerprint density at radius 2 is 1.56 bits per heavy atom. The lowest BCUT2D eigenvalue weighted by molar-refractivity contribution is -0.384. The second kappa shape index (κ2) is 9.47. The lowest BCUT2D eigenvalue weighted by Crippen LogP contribution is -2.12. The first-order valence-corrected chi connectivity index (χ1v) is 8.70. The molecule has 2 N–H and O–H groups in total. The Hall–Kier alpha value is -3.22. The van der Waals surface area contributed by atoms with Gasteiger partial charge in [-0.25, -0.2) is 4.79 Å². The fourth-order valence-corrected chi connectivity index (χ4v) is 3.37. The number of hydrogen-bond acceptors (Lipinski definition) is 4. The number of rotatable bonds is 4. The van der Waals surface area contributed by atoms with Crippen molar-refractivity contribution >= 4 is 17.6 Å². The molecule has 7 nitrogen and oxygen atoms in total. The Morgan fingerprint density at radius 3 is 2.11 bits per heavy atom. The van der Waals surface area contributed by atoms with Crippen molar-refractivity contribution in [2.45, 2.75) is 38.0 Å². The van der Waals surface area contributed by atoms with Gasteiger partial charge in [0.2, 0.25) is 0 Å². The predicted octanol–water partition coefficient (Wildman–Crippen LogP) is 5.10. The van der Waals surface area contributed by atoms with E-state index in [0.717, 1.165) is 31.2 Å². The van der Waals surface area contributed by atoms with Gasteiger partial charge in [-0.1, -0.05) is 49.6 Å². The molecule has 142 valence electrons. The molecular weight excluding hydrogens is 350 g/mol. The van der Waals surface area contributed by atoms with Crippen LogP contribution in [-0.2, 0) is 0 Å². The Balaban J connectivity index is 0.000000596. The highest BCUT2D eigenvalue weighted by atomic mass is 16.6. The Labute approximate surface area is 156 Å². The highest BCUT2D eigenvalue weighted by molar-refractivity contribution is 6.10. The lowest BCUT2D eigenvalue weighted by atomic mass is 9.80. The summed E-state index contributed by atoms with van der Waals surface area (Å²) < 4.78 is 0. The maximum Gasteiger partial charge on any atom is 0.503 e. The van der Waals surface area contributed by atoms with Crippen LogP contribution in [-0.4, -0.2) is 27.1 Å². The van der Waals surface area contributed by atoms with E-state index < -0.39 is 6.16 Å². The first-order chi connectivity index (χ1) is 12.9. The molecule has 0 spiro atoms. The van der Waals surface area contributed by atoms with Crippen LogP contribution in [0.1, 0.15) is 59.5 Å². The summed E-state index contributed by atoms with van der Waals surface area (Å²) in [5.41, 5.74) is 2.13. The predicted molar refractivity (Wildman–Crippen MR) is 99.5 cm³/mol. The summed E-state index contributed by atoms with van der Waals surface area (Å²) in [5, 5.41) is 25.1. The van der Waals surface area contributed by atoms with Crippen LogP contribution in [0.3, 0.4) is 0 Å². The van der Waals surface area contributed by atoms with E-state index in [1.54, 1.807) is 24.3 Å². The molecule has 3 rings (SSSR count). The molecule has 0 amide bonds. The van der Waals surface area contributed by atoms with Crippen LogP contribution in [0.15, 0.2) is 48.5 Å². The van der Waals surface area contributed by atoms with Gasteiger partial charge in [-0.15, -0.1) is 0 Å². The van der Waals surface area contributed by atoms with Crippen molar-refractivity contribution in [2.75, 3.05) is 0 Å². The Kier molecular flexibility index (Phi) is 7.05. The number of nitro groups is 1. The zero-order valence-corrected chi connectivity index (χ0v) is 14.7. The molecule has 7 heteroatoms. The molecular formula is C20H21NO6. The van der Waals surface area contributed by atoms with E-state index in [1.165, 1.54) is 12.5 Å². The number of hydrogen-bond donors (Lipinski definition) is 2. The summed E-state index contributed by atoms with van der Waals surface area (Å²) in [6.07, 6.45) is 3.60. The van der Waals surface area contributed by atoms with Gasteiger partial charge < -0.3 is 10.2 Å². The largest absolute Gasteiger partial charge is 0.503 e. The van der Waals surface area contributed by atoms with Crippen LogP contribution in [0.4, 0.5) is 10.5 Å². The summed E-state index contributed by atoms with van der Waals surface area (Å²) in [7, 11) is 0. The molecule has 0 bridgehead atoms. The minimum atomic E-state index is -1.83. The van der Waals surface area contributed by atoms with Gasteiger partial charge in [0.25, 0.3) is 5.69 Å². The first-order valence-electron chi connectivity index (χ1n) is 8.70. The molecule has 2 aromatic rings. The van der Waals surface area contributed by atoms with E-state index in [4.69, 9.17) is 15.0 Å². The average Bonchev–Trinajstić information content (AvgIpc) is 2.68. The molecule has 0 saturated heterocycles. The van der Waals surface area contributed by atoms with E-state index >= 15 is 0 Å². The molecule has 1 saturated carbocycles. The molecule has 0 aliphatic heterocycles. The van der Waals surface area contributed by atoms with Crippen LogP contribution in [0.5, 0.6) is 0 Å². The van der Waals surface area contributed by atoms with E-state index in [1.807, 2.05) is 18.2 Å². The number of nitro benzene ring substituents is 1. The molecule has 2 aromatic carbocycles. The summed E-state index contributed by atoms with van der Waals surface area (Å²) >= 11 is 0. The number of benzene rings is 2. The Bertz CT molecular complexity index is 808. The topological polar surface area (TPSA) is 118 Å². The monoisotopic (exact) mass is 371 g/mol. The Morgan fingerprint density at radius 1 is 0.963 bits per heavy atom. The molecule has 1 aliphatic rings. The number of nitrogens with zero attached hydrogens (tertiary/aromatic N) is 1. The fraction of sp³-hybridized carbons (Fsp3) is 0.300. The third kappa shape index (κ3) is 5.64. The molecule has 0 atom stereocenters. The summed E-state index contributed by atoms with van der Waals surface area (Å²) in [4.78, 5) is 32.1. The highest BCUT2D eigenvalue weighted by Crippen LogP contribution is 2.36. The summed E-state index contributed by atoms with van der Waals surface area (Å²) in [6, 6.07) is 13.8. The van der Waals surface area contributed by atoms with Gasteiger partial charge in [0.05, 0.1) is 4.92 Å². The molecule has 0 unspecified atom stereocenters. The van der Waals surface area contributed by atoms with Crippen molar-refractivity contribution in [3.63, 3.8) is 0 Å². The van der Waals surface area contributed by atoms with Crippen LogP contribution in [0.2, 0.25) is 0 Å². The smallest absolute Gasteiger partial charge is 0.450 e. The molecule has 1 fully saturated rings. The highest BCUT2D eigenvalue weighted by Gasteiger charge is 2.24. The average molecular weight is 371 g/mol. The zero-order chi connectivity index (χ0) is 19.8. The second-order valence-corrected chi connectivity index (χ2v) is 6.34. The van der Waals surface area contributed by atoms with Gasteiger partial charge in [0, 0.05) is 23.3 Å². The van der Waals surface area contributed by atoms with Crippen molar-refractivity contribution in [1.29, 1.82) is 0 Å². The van der Waals surface area contributed by atoms with Crippen LogP contribution in [0, 0.1) is 10.1 Å². The summed E-state index contributed by atoms with van der Waals surface area (Å²) in [5.74, 6) is 0.187. The number of non-ortho nitro benzene ring substituents is 1. The maximum absolute atomic E-state index is 12.8. The number of carboxylic acid groups (broad SMARTS) is 2. The first kappa shape index (κ1) is 20.1. The number of ketones is 1. The third-order valence-corrected chi connectivity index (χ3v) is 4.57. The standard InChI is InChI=1S/C19H19NO3.CH2O3/c21-19(15-9-5-2-6-10-15)17-12-11-16(20(22)23)13-18(17)14-7-3-1-4-8-14;2-1(3)4/h2,5-6,9-14H,1,3-4,7-8H2;(H2,2,3,4). The summed E-state index contributed by atoms with van der Waals surface area (Å²) in [6.45, 7) is 0. The van der Waals surface area contributed by atoms with Crippen molar-refractivity contribution in [2.24, 2.45) is 0 Å². The van der Waals surface area contributed by atoms with Gasteiger partial charge in [-0.05, 0) is 30.4 Å². The van der Waals surface area contributed by atoms with Gasteiger partial charge in [0.15, 0.2) is 5.78 Å². The van der Waals surface area contributed by atoms with Crippen LogP contribution >= 0.6 is 0 Å². The van der Waals surface area contributed by atoms with Crippen molar-refractivity contribution < 1.29 is 24.7 Å². The van der Waals surface area contributed by atoms with E-state index in [-0.39, 0.29) is 22.3 Å². The molecule has 0 aromatic heterocycles. The van der Waals surface area contributed by atoms with Crippen molar-refractivity contribution in [3.05, 3.63) is 75.3 Å². The number of carbonyl (C=O) groups excluding carboxylic acids is 1. The van der Waals surface area contributed by atoms with Gasteiger partial charge >= 0.3 is 6.16 Å². The van der Waals surface area contributed by atoms with Crippen molar-refractivity contribution in [1.82, 2.24) is 0 Å². The van der Waals surface area contributed by atoms with E-state index in [0.29, 0.717) is 11.1 Å². The van der Waals surface area contributed by atoms with Gasteiger partial charge in [-0.3, -0.25) is 14.9 Å². The quantitative estimate of drug-likeness (QED) is 0.439. The maximum atomic E-state index is 12.8. The fourth-order valence-electron chi connectivity index (χ4n) is 3.37. The molecule has 0 radical (unpaired) electrons. The minimum absolute atomic E-state index is 0.0546. The molecule has 27 heavy (non-hydrogen) atoms. The molecule has 0 heterocycles. The van der Waals surface area contributed by atoms with E-state index in [9.17, 15) is 14.9 Å². The third-order valence-electron chi connectivity index (χ3n) is 4.57. The van der Waals surface area contributed by atoms with Crippen LogP contribution in [0.25, 0.3) is 0 Å². The normalized spacial score (nSPS) is 13.9. The SMILES string of the molecule is O=C(O)O.O=C(c1ccccc1)c1ccc([N+](=O)[O-])cc1C1CCCCC1. The van der Waals surface area contributed by atoms with Crippen LogP contribution < -0.4 is 0 Å². The number of carbonyl (C=O) groups is 2. The zero-order valence-electron chi connectivity index (χ0n) is 14.7. The lowest BCUT2D eigenvalue weighted by Gasteiger charge is -2.23. The van der Waals surface area contributed by atoms with Gasteiger partial charge in [-0.2, -0.15) is 0 Å². The van der Waals surface area contributed by atoms with Gasteiger partial charge in [0.1, 0.15) is 0 Å². The van der Waals surface area contributed by atoms with Crippen molar-refractivity contribution in [3.8, 4) is 0 Å². The minimum Gasteiger partial charge on any atom is -0.450 e. The molecule has 1 aliphatic carbocycles. The van der Waals surface area contributed by atoms with E-state index in [2.05, 4.69) is 0 Å². The second-order valence-electron chi connectivity index (χ2n) is 6.34.